The number of benzene rings is 4. The molecular formula is C29H24N2. The lowest BCUT2D eigenvalue weighted by Gasteiger charge is -2.36. The lowest BCUT2D eigenvalue weighted by atomic mass is 9.67. The van der Waals surface area contributed by atoms with Gasteiger partial charge in [0.25, 0.3) is 0 Å². The van der Waals surface area contributed by atoms with Crippen LogP contribution in [0.4, 0.5) is 0 Å². The number of aromatic nitrogens is 2. The van der Waals surface area contributed by atoms with Gasteiger partial charge in [0.2, 0.25) is 0 Å². The first-order valence-electron chi connectivity index (χ1n) is 10.6. The Morgan fingerprint density at radius 1 is 0.548 bits per heavy atom. The van der Waals surface area contributed by atoms with Gasteiger partial charge in [-0.05, 0) is 22.3 Å². The van der Waals surface area contributed by atoms with Crippen molar-refractivity contribution in [2.75, 3.05) is 0 Å². The minimum atomic E-state index is -0.477. The fourth-order valence-electron chi connectivity index (χ4n) is 4.55. The molecule has 5 rings (SSSR count). The molecule has 0 N–H and O–H groups in total. The molecule has 0 saturated carbocycles. The van der Waals surface area contributed by atoms with E-state index in [1.54, 1.807) is 0 Å². The molecule has 1 heterocycles. The predicted molar refractivity (Wildman–Crippen MR) is 126 cm³/mol. The summed E-state index contributed by atoms with van der Waals surface area (Å²) in [4.78, 5) is 4.62. The minimum absolute atomic E-state index is 0.477. The van der Waals surface area contributed by atoms with Gasteiger partial charge in [0, 0.05) is 12.7 Å². The van der Waals surface area contributed by atoms with Gasteiger partial charge in [0.05, 0.1) is 17.4 Å². The third-order valence-corrected chi connectivity index (χ3v) is 5.91. The molecule has 0 spiro atoms. The maximum absolute atomic E-state index is 4.62. The Bertz CT molecular complexity index is 1130. The molecule has 5 aromatic rings. The van der Waals surface area contributed by atoms with Gasteiger partial charge in [-0.2, -0.15) is 0 Å². The topological polar surface area (TPSA) is 17.8 Å². The van der Waals surface area contributed by atoms with Crippen LogP contribution in [-0.4, -0.2) is 9.55 Å². The largest absolute Gasteiger partial charge is 0.329 e. The van der Waals surface area contributed by atoms with Crippen LogP contribution in [0.2, 0.25) is 0 Å². The summed E-state index contributed by atoms with van der Waals surface area (Å²) in [6.45, 7) is 0.768. The van der Waals surface area contributed by atoms with E-state index in [-0.39, 0.29) is 0 Å². The van der Waals surface area contributed by atoms with E-state index in [4.69, 9.17) is 0 Å². The van der Waals surface area contributed by atoms with E-state index in [2.05, 4.69) is 131 Å². The normalized spacial score (nSPS) is 11.4. The molecule has 0 aliphatic carbocycles. The van der Waals surface area contributed by atoms with Crippen LogP contribution < -0.4 is 0 Å². The summed E-state index contributed by atoms with van der Waals surface area (Å²) in [6, 6.07) is 42.8. The molecule has 2 nitrogen and oxygen atoms in total. The van der Waals surface area contributed by atoms with Gasteiger partial charge in [-0.1, -0.05) is 121 Å². The quantitative estimate of drug-likeness (QED) is 0.305. The third-order valence-electron chi connectivity index (χ3n) is 5.91. The van der Waals surface area contributed by atoms with Gasteiger partial charge in [-0.25, -0.2) is 4.98 Å². The fourth-order valence-corrected chi connectivity index (χ4v) is 4.55. The van der Waals surface area contributed by atoms with Crippen molar-refractivity contribution in [1.29, 1.82) is 0 Å². The van der Waals surface area contributed by atoms with Crippen LogP contribution in [0.25, 0.3) is 0 Å². The second-order valence-electron chi connectivity index (χ2n) is 7.74. The van der Waals surface area contributed by atoms with Crippen molar-refractivity contribution in [2.24, 2.45) is 0 Å². The fraction of sp³-hybridized carbons (Fsp3) is 0.0690. The summed E-state index contributed by atoms with van der Waals surface area (Å²) in [7, 11) is 0. The number of rotatable bonds is 6. The van der Waals surface area contributed by atoms with E-state index in [1.165, 1.54) is 22.3 Å². The maximum atomic E-state index is 4.62. The highest BCUT2D eigenvalue weighted by Crippen LogP contribution is 2.44. The highest BCUT2D eigenvalue weighted by Gasteiger charge is 2.40. The number of hydrogen-bond acceptors (Lipinski definition) is 1. The molecule has 0 unspecified atom stereocenters. The monoisotopic (exact) mass is 400 g/mol. The Kier molecular flexibility index (Phi) is 5.20. The molecule has 4 aromatic carbocycles. The number of imidazole rings is 1. The zero-order valence-electron chi connectivity index (χ0n) is 17.3. The molecule has 0 fully saturated rings. The summed E-state index contributed by atoms with van der Waals surface area (Å²) >= 11 is 0. The van der Waals surface area contributed by atoms with Crippen molar-refractivity contribution < 1.29 is 0 Å². The molecule has 1 aromatic heterocycles. The van der Waals surface area contributed by atoms with Crippen molar-refractivity contribution >= 4 is 0 Å². The Labute approximate surface area is 183 Å². The molecule has 0 aliphatic rings. The minimum Gasteiger partial charge on any atom is -0.329 e. The first-order chi connectivity index (χ1) is 15.4. The van der Waals surface area contributed by atoms with Gasteiger partial charge < -0.3 is 4.57 Å². The van der Waals surface area contributed by atoms with Gasteiger partial charge in [0.1, 0.15) is 0 Å². The third kappa shape index (κ3) is 3.47. The smallest absolute Gasteiger partial charge is 0.0951 e. The highest BCUT2D eigenvalue weighted by molar-refractivity contribution is 5.57. The Morgan fingerprint density at radius 3 is 1.42 bits per heavy atom. The van der Waals surface area contributed by atoms with Crippen LogP contribution in [0.5, 0.6) is 0 Å². The maximum Gasteiger partial charge on any atom is 0.0951 e. The molecule has 0 bridgehead atoms. The Morgan fingerprint density at radius 2 is 0.968 bits per heavy atom. The van der Waals surface area contributed by atoms with Crippen LogP contribution in [0.1, 0.15) is 27.9 Å². The van der Waals surface area contributed by atoms with Crippen molar-refractivity contribution in [3.8, 4) is 0 Å². The summed E-state index contributed by atoms with van der Waals surface area (Å²) < 4.78 is 2.28. The van der Waals surface area contributed by atoms with E-state index in [1.807, 2.05) is 12.5 Å². The van der Waals surface area contributed by atoms with Gasteiger partial charge >= 0.3 is 0 Å². The van der Waals surface area contributed by atoms with E-state index in [0.717, 1.165) is 12.2 Å². The summed E-state index contributed by atoms with van der Waals surface area (Å²) in [5.41, 5.74) is 5.60. The second-order valence-corrected chi connectivity index (χ2v) is 7.74. The Hall–Kier alpha value is -3.91. The number of nitrogens with zero attached hydrogens (tertiary/aromatic N) is 2. The molecular weight excluding hydrogens is 376 g/mol. The van der Waals surface area contributed by atoms with E-state index in [9.17, 15) is 0 Å². The zero-order valence-corrected chi connectivity index (χ0v) is 17.3. The SMILES string of the molecule is c1ccc(Cn2cncc2C(c2ccccc2)(c2ccccc2)c2ccccc2)cc1. The molecule has 150 valence electrons. The molecule has 2 heteroatoms. The van der Waals surface area contributed by atoms with Gasteiger partial charge in [0.15, 0.2) is 0 Å². The van der Waals surface area contributed by atoms with Gasteiger partial charge in [-0.15, -0.1) is 0 Å². The van der Waals surface area contributed by atoms with Crippen molar-refractivity contribution in [3.63, 3.8) is 0 Å². The van der Waals surface area contributed by atoms with E-state index >= 15 is 0 Å². The predicted octanol–water partition coefficient (Wildman–Crippen LogP) is 6.31. The zero-order chi connectivity index (χ0) is 20.9. The summed E-state index contributed by atoms with van der Waals surface area (Å²) in [5.74, 6) is 0. The van der Waals surface area contributed by atoms with Crippen molar-refractivity contribution in [1.82, 2.24) is 9.55 Å². The number of hydrogen-bond donors (Lipinski definition) is 0. The highest BCUT2D eigenvalue weighted by atomic mass is 15.1. The average molecular weight is 401 g/mol. The lowest BCUT2D eigenvalue weighted by Crippen LogP contribution is -2.33. The molecule has 0 amide bonds. The lowest BCUT2D eigenvalue weighted by molar-refractivity contribution is 0.637. The van der Waals surface area contributed by atoms with Gasteiger partial charge in [-0.3, -0.25) is 0 Å². The summed E-state index contributed by atoms with van der Waals surface area (Å²) in [6.07, 6.45) is 3.97. The molecule has 0 radical (unpaired) electrons. The second kappa shape index (κ2) is 8.45. The summed E-state index contributed by atoms with van der Waals surface area (Å²) in [5, 5.41) is 0. The van der Waals surface area contributed by atoms with Crippen LogP contribution >= 0.6 is 0 Å². The molecule has 0 atom stereocenters. The molecule has 0 aliphatic heterocycles. The van der Waals surface area contributed by atoms with Crippen molar-refractivity contribution in [3.05, 3.63) is 162 Å². The molecule has 31 heavy (non-hydrogen) atoms. The standard InChI is InChI=1S/C29H24N2/c1-5-13-24(14-6-1)22-31-23-30-21-28(31)29(25-15-7-2-8-16-25,26-17-9-3-10-18-26)27-19-11-4-12-20-27/h1-21,23H,22H2. The van der Waals surface area contributed by atoms with E-state index < -0.39 is 5.41 Å². The molecule has 0 saturated heterocycles. The van der Waals surface area contributed by atoms with Crippen LogP contribution in [0.15, 0.2) is 134 Å². The van der Waals surface area contributed by atoms with E-state index in [0.29, 0.717) is 0 Å². The van der Waals surface area contributed by atoms with Crippen LogP contribution in [0, 0.1) is 0 Å². The van der Waals surface area contributed by atoms with Crippen molar-refractivity contribution in [2.45, 2.75) is 12.0 Å². The first-order valence-corrected chi connectivity index (χ1v) is 10.6. The first kappa shape index (κ1) is 19.1. The van der Waals surface area contributed by atoms with Crippen LogP contribution in [-0.2, 0) is 12.0 Å². The van der Waals surface area contributed by atoms with Crippen LogP contribution in [0.3, 0.4) is 0 Å². The average Bonchev–Trinajstić information content (AvgIpc) is 3.31. The Balaban J connectivity index is 1.81.